The Labute approximate surface area is 170 Å². The van der Waals surface area contributed by atoms with Crippen LogP contribution in [0.3, 0.4) is 0 Å². The van der Waals surface area contributed by atoms with Crippen LogP contribution in [0.5, 0.6) is 5.88 Å². The highest BCUT2D eigenvalue weighted by molar-refractivity contribution is 5.84. The minimum atomic E-state index is -0.324. The summed E-state index contributed by atoms with van der Waals surface area (Å²) in [6, 6.07) is 0. The smallest absolute Gasteiger partial charge is 0.302 e. The second-order valence-electron chi connectivity index (χ2n) is 7.26. The van der Waals surface area contributed by atoms with Gasteiger partial charge in [-0.05, 0) is 52.4 Å². The van der Waals surface area contributed by atoms with Gasteiger partial charge in [0.2, 0.25) is 5.88 Å². The standard InChI is InChI=1S/C20H30N4O5/c1-14(25)8-5-7-11-28-19-17-12-21-22-13-18(17)20(27)24(23-19)10-6-4-9-15(2)29-16(3)26/h12-15,25H,4-11H2,1-3H3/t14-,15-/m1/s1. The number of aliphatic hydroxyl groups excluding tert-OH is 1. The lowest BCUT2D eigenvalue weighted by Crippen LogP contribution is -2.24. The Balaban J connectivity index is 2.01. The fourth-order valence-electron chi connectivity index (χ4n) is 3.01. The molecule has 29 heavy (non-hydrogen) atoms. The molecule has 0 aliphatic heterocycles. The molecule has 0 saturated heterocycles. The van der Waals surface area contributed by atoms with Crippen molar-refractivity contribution >= 4 is 16.7 Å². The Morgan fingerprint density at radius 2 is 1.79 bits per heavy atom. The number of esters is 1. The quantitative estimate of drug-likeness (QED) is 0.421. The Morgan fingerprint density at radius 1 is 1.10 bits per heavy atom. The summed E-state index contributed by atoms with van der Waals surface area (Å²) in [4.78, 5) is 23.6. The van der Waals surface area contributed by atoms with E-state index >= 15 is 0 Å². The van der Waals surface area contributed by atoms with Gasteiger partial charge >= 0.3 is 5.97 Å². The lowest BCUT2D eigenvalue weighted by Gasteiger charge is -2.13. The van der Waals surface area contributed by atoms with E-state index in [0.29, 0.717) is 36.2 Å². The van der Waals surface area contributed by atoms with Gasteiger partial charge in [0.05, 0.1) is 42.0 Å². The third-order valence-electron chi connectivity index (χ3n) is 4.49. The summed E-state index contributed by atoms with van der Waals surface area (Å²) >= 11 is 0. The van der Waals surface area contributed by atoms with Crippen LogP contribution in [0.15, 0.2) is 17.2 Å². The molecule has 0 unspecified atom stereocenters. The highest BCUT2D eigenvalue weighted by Crippen LogP contribution is 2.19. The molecule has 0 spiro atoms. The summed E-state index contributed by atoms with van der Waals surface area (Å²) in [5, 5.41) is 22.3. The van der Waals surface area contributed by atoms with Crippen molar-refractivity contribution in [1.29, 1.82) is 0 Å². The first-order valence-electron chi connectivity index (χ1n) is 10.1. The molecular weight excluding hydrogens is 376 g/mol. The zero-order valence-electron chi connectivity index (χ0n) is 17.3. The van der Waals surface area contributed by atoms with Crippen molar-refractivity contribution in [2.24, 2.45) is 0 Å². The minimum Gasteiger partial charge on any atom is -0.476 e. The second kappa shape index (κ2) is 11.5. The third kappa shape index (κ3) is 7.41. The lowest BCUT2D eigenvalue weighted by atomic mass is 10.1. The van der Waals surface area contributed by atoms with Crippen molar-refractivity contribution in [3.8, 4) is 5.88 Å². The van der Waals surface area contributed by atoms with E-state index in [1.807, 2.05) is 6.92 Å². The van der Waals surface area contributed by atoms with Gasteiger partial charge in [0.1, 0.15) is 0 Å². The average molecular weight is 406 g/mol. The summed E-state index contributed by atoms with van der Waals surface area (Å²) in [5.41, 5.74) is -0.232. The highest BCUT2D eigenvalue weighted by Gasteiger charge is 2.13. The fraction of sp³-hybridized carbons (Fsp3) is 0.650. The van der Waals surface area contributed by atoms with Gasteiger partial charge in [0, 0.05) is 13.5 Å². The maximum absolute atomic E-state index is 12.7. The molecule has 0 aliphatic rings. The van der Waals surface area contributed by atoms with Gasteiger partial charge in [-0.2, -0.15) is 10.2 Å². The van der Waals surface area contributed by atoms with E-state index in [0.717, 1.165) is 32.1 Å². The molecule has 0 amide bonds. The van der Waals surface area contributed by atoms with Gasteiger partial charge in [0.25, 0.3) is 5.56 Å². The molecular formula is C20H30N4O5. The summed E-state index contributed by atoms with van der Waals surface area (Å²) < 4.78 is 12.3. The molecule has 1 N–H and O–H groups in total. The molecule has 2 rings (SSSR count). The number of fused-ring (bicyclic) bond motifs is 1. The fourth-order valence-corrected chi connectivity index (χ4v) is 3.01. The van der Waals surface area contributed by atoms with E-state index in [4.69, 9.17) is 9.47 Å². The van der Waals surface area contributed by atoms with E-state index in [1.165, 1.54) is 24.0 Å². The summed E-state index contributed by atoms with van der Waals surface area (Å²) in [7, 11) is 0. The number of aromatic nitrogens is 4. The van der Waals surface area contributed by atoms with Crippen LogP contribution in [0, 0.1) is 0 Å². The maximum atomic E-state index is 12.7. The topological polar surface area (TPSA) is 116 Å². The molecule has 2 atom stereocenters. The van der Waals surface area contributed by atoms with Crippen LogP contribution < -0.4 is 10.3 Å². The molecule has 0 radical (unpaired) electrons. The Bertz CT molecular complexity index is 852. The molecule has 0 bridgehead atoms. The van der Waals surface area contributed by atoms with Gasteiger partial charge in [-0.3, -0.25) is 9.59 Å². The number of aliphatic hydroxyl groups is 1. The number of ether oxygens (including phenoxy) is 2. The van der Waals surface area contributed by atoms with E-state index < -0.39 is 0 Å². The summed E-state index contributed by atoms with van der Waals surface area (Å²) in [6.45, 7) is 5.88. The maximum Gasteiger partial charge on any atom is 0.302 e. The molecule has 0 aromatic carbocycles. The van der Waals surface area contributed by atoms with E-state index in [2.05, 4.69) is 15.3 Å². The van der Waals surface area contributed by atoms with E-state index in [1.54, 1.807) is 6.92 Å². The molecule has 9 heteroatoms. The molecule has 0 aliphatic carbocycles. The van der Waals surface area contributed by atoms with Crippen molar-refractivity contribution in [2.75, 3.05) is 6.61 Å². The van der Waals surface area contributed by atoms with Gasteiger partial charge in [-0.1, -0.05) is 0 Å². The number of rotatable bonds is 12. The largest absolute Gasteiger partial charge is 0.476 e. The molecule has 0 fully saturated rings. The number of unbranched alkanes of at least 4 members (excludes halogenated alkanes) is 2. The monoisotopic (exact) mass is 406 g/mol. The second-order valence-corrected chi connectivity index (χ2v) is 7.26. The number of nitrogens with zero attached hydrogens (tertiary/aromatic N) is 4. The average Bonchev–Trinajstić information content (AvgIpc) is 2.67. The van der Waals surface area contributed by atoms with Crippen molar-refractivity contribution < 1.29 is 19.4 Å². The predicted octanol–water partition coefficient (Wildman–Crippen LogP) is 2.24. The van der Waals surface area contributed by atoms with E-state index in [9.17, 15) is 14.7 Å². The zero-order valence-corrected chi connectivity index (χ0v) is 17.3. The number of carbonyl (C=O) groups is 1. The van der Waals surface area contributed by atoms with Crippen LogP contribution in [-0.4, -0.2) is 49.9 Å². The van der Waals surface area contributed by atoms with Crippen LogP contribution in [0.2, 0.25) is 0 Å². The predicted molar refractivity (Wildman–Crippen MR) is 108 cm³/mol. The van der Waals surface area contributed by atoms with Crippen LogP contribution in [0.25, 0.3) is 10.8 Å². The number of hydrogen-bond donors (Lipinski definition) is 1. The third-order valence-corrected chi connectivity index (χ3v) is 4.49. The molecule has 9 nitrogen and oxygen atoms in total. The number of aryl methyl sites for hydroxylation is 1. The molecule has 2 heterocycles. The van der Waals surface area contributed by atoms with Gasteiger partial charge in [-0.15, -0.1) is 5.10 Å². The Hall–Kier alpha value is -2.55. The van der Waals surface area contributed by atoms with Crippen LogP contribution in [0.4, 0.5) is 0 Å². The van der Waals surface area contributed by atoms with Gasteiger partial charge in [0.15, 0.2) is 0 Å². The zero-order chi connectivity index (χ0) is 21.2. The van der Waals surface area contributed by atoms with Crippen LogP contribution in [-0.2, 0) is 16.1 Å². The lowest BCUT2D eigenvalue weighted by molar-refractivity contribution is -0.145. The Morgan fingerprint density at radius 3 is 2.48 bits per heavy atom. The first-order chi connectivity index (χ1) is 13.9. The van der Waals surface area contributed by atoms with Gasteiger partial charge in [-0.25, -0.2) is 4.68 Å². The summed E-state index contributed by atoms with van der Waals surface area (Å²) in [6.07, 6.45) is 7.02. The summed E-state index contributed by atoms with van der Waals surface area (Å²) in [5.74, 6) is 0.0705. The van der Waals surface area contributed by atoms with Crippen molar-refractivity contribution in [1.82, 2.24) is 20.0 Å². The minimum absolute atomic E-state index is 0.149. The highest BCUT2D eigenvalue weighted by atomic mass is 16.5. The van der Waals surface area contributed by atoms with Crippen molar-refractivity contribution in [2.45, 2.75) is 78.0 Å². The SMILES string of the molecule is CC(=O)O[C@H](C)CCCCn1nc(OCCCC[C@@H](C)O)c2cnncc2c1=O. The number of carbonyl (C=O) groups excluding carboxylic acids is 1. The van der Waals surface area contributed by atoms with Crippen LogP contribution >= 0.6 is 0 Å². The first-order valence-corrected chi connectivity index (χ1v) is 10.1. The first kappa shape index (κ1) is 22.7. The van der Waals surface area contributed by atoms with Crippen LogP contribution in [0.1, 0.15) is 59.3 Å². The number of hydrogen-bond acceptors (Lipinski definition) is 8. The van der Waals surface area contributed by atoms with E-state index in [-0.39, 0.29) is 23.7 Å². The normalized spacial score (nSPS) is 13.2. The van der Waals surface area contributed by atoms with Crippen molar-refractivity contribution in [3.63, 3.8) is 0 Å². The molecule has 2 aromatic heterocycles. The van der Waals surface area contributed by atoms with Gasteiger partial charge < -0.3 is 14.6 Å². The van der Waals surface area contributed by atoms with Crippen molar-refractivity contribution in [3.05, 3.63) is 22.7 Å². The molecule has 160 valence electrons. The molecule has 2 aromatic rings. The molecule has 0 saturated carbocycles. The Kier molecular flexibility index (Phi) is 8.98.